The van der Waals surface area contributed by atoms with E-state index in [0.717, 1.165) is 30.0 Å². The second-order valence-electron chi connectivity index (χ2n) is 5.44. The second-order valence-corrected chi connectivity index (χ2v) is 9.27. The van der Waals surface area contributed by atoms with Crippen molar-refractivity contribution < 1.29 is 0 Å². The Balaban J connectivity index is 2.55. The molecule has 0 saturated carbocycles. The zero-order chi connectivity index (χ0) is 14.9. The molecule has 0 aliphatic heterocycles. The molecular weight excluding hydrogens is 420 g/mol. The first-order valence-corrected chi connectivity index (χ1v) is 8.99. The molecule has 0 aliphatic rings. The van der Waals surface area contributed by atoms with Crippen LogP contribution < -0.4 is 0 Å². The molecule has 4 heteroatoms. The van der Waals surface area contributed by atoms with Crippen molar-refractivity contribution in [1.82, 2.24) is 0 Å². The Kier molecular flexibility index (Phi) is 5.28. The maximum atomic E-state index is 6.49. The molecule has 0 aliphatic carbocycles. The van der Waals surface area contributed by atoms with Crippen molar-refractivity contribution in [2.24, 2.45) is 0 Å². The van der Waals surface area contributed by atoms with Crippen LogP contribution in [-0.2, 0) is 0 Å². The summed E-state index contributed by atoms with van der Waals surface area (Å²) in [5.74, 6) is 0. The Morgan fingerprint density at radius 2 is 1.60 bits per heavy atom. The maximum Gasteiger partial charge on any atom is 0.0560 e. The lowest BCUT2D eigenvalue weighted by Crippen LogP contribution is -2.07. The molecule has 2 aromatic rings. The Morgan fingerprint density at radius 3 is 2.15 bits per heavy atom. The quantitative estimate of drug-likeness (QED) is 0.350. The van der Waals surface area contributed by atoms with Gasteiger partial charge in [-0.05, 0) is 49.1 Å². The fourth-order valence-electron chi connectivity index (χ4n) is 1.81. The number of thioether (sulfide) groups is 1. The first-order chi connectivity index (χ1) is 9.29. The molecule has 2 rings (SSSR count). The first-order valence-electron chi connectivity index (χ1n) is 6.21. The first kappa shape index (κ1) is 16.4. The number of rotatable bonds is 2. The summed E-state index contributed by atoms with van der Waals surface area (Å²) in [6.45, 7) is 6.54. The second kappa shape index (κ2) is 6.43. The third-order valence-electron chi connectivity index (χ3n) is 2.61. The molecule has 0 aromatic heterocycles. The molecular formula is C16H15Br2ClS. The molecule has 0 heterocycles. The van der Waals surface area contributed by atoms with Crippen LogP contribution in [0.1, 0.15) is 20.8 Å². The standard InChI is InChI=1S/C16H15Br2ClS/c1-16(2,3)20-15-12(19)9-11(13(17)14(15)18)10-7-5-4-6-8-10/h4-9H,1-3H3. The van der Waals surface area contributed by atoms with Gasteiger partial charge in [-0.25, -0.2) is 0 Å². The van der Waals surface area contributed by atoms with Gasteiger partial charge in [0.2, 0.25) is 0 Å². The zero-order valence-corrected chi connectivity index (χ0v) is 16.3. The predicted molar refractivity (Wildman–Crippen MR) is 97.9 cm³/mol. The van der Waals surface area contributed by atoms with Crippen LogP contribution in [0.3, 0.4) is 0 Å². The normalized spacial score (nSPS) is 11.7. The van der Waals surface area contributed by atoms with E-state index in [1.807, 2.05) is 24.3 Å². The van der Waals surface area contributed by atoms with E-state index in [0.29, 0.717) is 0 Å². The Morgan fingerprint density at radius 1 is 1.00 bits per heavy atom. The average molecular weight is 435 g/mol. The highest BCUT2D eigenvalue weighted by molar-refractivity contribution is 9.13. The number of halogens is 3. The molecule has 0 radical (unpaired) electrons. The average Bonchev–Trinajstić information content (AvgIpc) is 2.39. The topological polar surface area (TPSA) is 0 Å². The summed E-state index contributed by atoms with van der Waals surface area (Å²) in [7, 11) is 0. The Bertz CT molecular complexity index is 619. The molecule has 20 heavy (non-hydrogen) atoms. The highest BCUT2D eigenvalue weighted by Crippen LogP contribution is 2.47. The third kappa shape index (κ3) is 3.82. The van der Waals surface area contributed by atoms with Crippen molar-refractivity contribution in [3.8, 4) is 11.1 Å². The largest absolute Gasteiger partial charge is 0.117 e. The van der Waals surface area contributed by atoms with Crippen LogP contribution in [0.25, 0.3) is 11.1 Å². The highest BCUT2D eigenvalue weighted by atomic mass is 79.9. The van der Waals surface area contributed by atoms with Crippen molar-refractivity contribution in [1.29, 1.82) is 0 Å². The lowest BCUT2D eigenvalue weighted by Gasteiger charge is -2.21. The van der Waals surface area contributed by atoms with Crippen molar-refractivity contribution in [2.45, 2.75) is 30.4 Å². The molecule has 0 amide bonds. The minimum atomic E-state index is 0.111. The molecule has 0 atom stereocenters. The van der Waals surface area contributed by atoms with Crippen LogP contribution in [0, 0.1) is 0 Å². The van der Waals surface area contributed by atoms with Gasteiger partial charge in [0.25, 0.3) is 0 Å². The molecule has 0 unspecified atom stereocenters. The van der Waals surface area contributed by atoms with Crippen LogP contribution in [-0.4, -0.2) is 4.75 Å². The smallest absolute Gasteiger partial charge is 0.0560 e. The van der Waals surface area contributed by atoms with E-state index in [9.17, 15) is 0 Å². The summed E-state index contributed by atoms with van der Waals surface area (Å²) in [6.07, 6.45) is 0. The highest BCUT2D eigenvalue weighted by Gasteiger charge is 2.20. The van der Waals surface area contributed by atoms with Gasteiger partial charge in [-0.3, -0.25) is 0 Å². The summed E-state index contributed by atoms with van der Waals surface area (Å²) in [5.41, 5.74) is 2.25. The molecule has 106 valence electrons. The fraction of sp³-hybridized carbons (Fsp3) is 0.250. The van der Waals surface area contributed by atoms with Crippen LogP contribution in [0.4, 0.5) is 0 Å². The van der Waals surface area contributed by atoms with Gasteiger partial charge in [-0.15, -0.1) is 11.8 Å². The van der Waals surface area contributed by atoms with Gasteiger partial charge in [0.05, 0.1) is 5.02 Å². The molecule has 2 aromatic carbocycles. The van der Waals surface area contributed by atoms with Crippen LogP contribution in [0.5, 0.6) is 0 Å². The van der Waals surface area contributed by atoms with E-state index >= 15 is 0 Å². The van der Waals surface area contributed by atoms with E-state index in [-0.39, 0.29) is 4.75 Å². The van der Waals surface area contributed by atoms with Gasteiger partial charge in [0.1, 0.15) is 0 Å². The van der Waals surface area contributed by atoms with E-state index in [4.69, 9.17) is 11.6 Å². The SMILES string of the molecule is CC(C)(C)Sc1c(Cl)cc(-c2ccccc2)c(Br)c1Br. The van der Waals surface area contributed by atoms with Crippen LogP contribution in [0.15, 0.2) is 50.2 Å². The van der Waals surface area contributed by atoms with E-state index < -0.39 is 0 Å². The molecule has 0 N–H and O–H groups in total. The minimum Gasteiger partial charge on any atom is -0.117 e. The number of hydrogen-bond acceptors (Lipinski definition) is 1. The Hall–Kier alpha value is 0.0400. The van der Waals surface area contributed by atoms with Gasteiger partial charge >= 0.3 is 0 Å². The minimum absolute atomic E-state index is 0.111. The molecule has 0 bridgehead atoms. The van der Waals surface area contributed by atoms with Crippen LogP contribution >= 0.6 is 55.2 Å². The number of hydrogen-bond donors (Lipinski definition) is 0. The maximum absolute atomic E-state index is 6.49. The zero-order valence-electron chi connectivity index (χ0n) is 11.5. The van der Waals surface area contributed by atoms with Crippen molar-refractivity contribution in [3.05, 3.63) is 50.4 Å². The van der Waals surface area contributed by atoms with Gasteiger partial charge < -0.3 is 0 Å². The summed E-state index contributed by atoms with van der Waals surface area (Å²) < 4.78 is 2.17. The lowest BCUT2D eigenvalue weighted by molar-refractivity contribution is 0.802. The predicted octanol–water partition coefficient (Wildman–Crippen LogP) is 7.42. The van der Waals surface area contributed by atoms with Gasteiger partial charge in [0.15, 0.2) is 0 Å². The van der Waals surface area contributed by atoms with Gasteiger partial charge in [0, 0.05) is 18.6 Å². The van der Waals surface area contributed by atoms with Crippen LogP contribution in [0.2, 0.25) is 5.02 Å². The molecule has 0 fully saturated rings. The Labute approximate surface area is 146 Å². The van der Waals surface area contributed by atoms with Crippen molar-refractivity contribution in [2.75, 3.05) is 0 Å². The fourth-order valence-corrected chi connectivity index (χ4v) is 4.54. The summed E-state index contributed by atoms with van der Waals surface area (Å²) in [5, 5.41) is 0.777. The molecule has 0 spiro atoms. The summed E-state index contributed by atoms with van der Waals surface area (Å²) >= 11 is 15.6. The summed E-state index contributed by atoms with van der Waals surface area (Å²) in [6, 6.07) is 12.3. The van der Waals surface area contributed by atoms with Crippen molar-refractivity contribution >= 4 is 55.2 Å². The van der Waals surface area contributed by atoms with Gasteiger partial charge in [-0.1, -0.05) is 62.7 Å². The molecule has 0 saturated heterocycles. The van der Waals surface area contributed by atoms with E-state index in [2.05, 4.69) is 64.8 Å². The monoisotopic (exact) mass is 432 g/mol. The van der Waals surface area contributed by atoms with E-state index in [1.165, 1.54) is 0 Å². The van der Waals surface area contributed by atoms with Gasteiger partial charge in [-0.2, -0.15) is 0 Å². The lowest BCUT2D eigenvalue weighted by atomic mass is 10.1. The molecule has 0 nitrogen and oxygen atoms in total. The third-order valence-corrected chi connectivity index (χ3v) is 6.67. The van der Waals surface area contributed by atoms with Crippen molar-refractivity contribution in [3.63, 3.8) is 0 Å². The number of benzene rings is 2. The summed E-state index contributed by atoms with van der Waals surface area (Å²) in [4.78, 5) is 1.07. The van der Waals surface area contributed by atoms with E-state index in [1.54, 1.807) is 11.8 Å².